The Kier molecular flexibility index (Phi) is 6.93. The maximum Gasteiger partial charge on any atom is 0.354 e. The summed E-state index contributed by atoms with van der Waals surface area (Å²) >= 11 is 5.96. The summed E-state index contributed by atoms with van der Waals surface area (Å²) in [6, 6.07) is 16.4. The Morgan fingerprint density at radius 1 is 1.06 bits per heavy atom. The van der Waals surface area contributed by atoms with Gasteiger partial charge in [0.1, 0.15) is 11.3 Å². The molecule has 178 valence electrons. The maximum atomic E-state index is 13.0. The van der Waals surface area contributed by atoms with Crippen LogP contribution in [0.1, 0.15) is 22.8 Å². The quantitative estimate of drug-likeness (QED) is 0.379. The first kappa shape index (κ1) is 23.7. The van der Waals surface area contributed by atoms with Crippen molar-refractivity contribution in [1.82, 2.24) is 19.1 Å². The van der Waals surface area contributed by atoms with Crippen molar-refractivity contribution in [3.8, 4) is 11.6 Å². The molecule has 0 radical (unpaired) electrons. The largest absolute Gasteiger partial charge is 0.477 e. The van der Waals surface area contributed by atoms with Crippen LogP contribution in [0.25, 0.3) is 0 Å². The Bertz CT molecular complexity index is 1480. The molecule has 0 amide bonds. The second-order valence-corrected chi connectivity index (χ2v) is 7.81. The molecule has 0 unspecified atom stereocenters. The first-order chi connectivity index (χ1) is 16.9. The number of hydrogen-bond donors (Lipinski definition) is 2. The van der Waals surface area contributed by atoms with Crippen LogP contribution in [0.15, 0.2) is 76.4 Å². The number of pyridine rings is 1. The zero-order chi connectivity index (χ0) is 24.9. The van der Waals surface area contributed by atoms with Crippen molar-refractivity contribution in [1.29, 1.82) is 0 Å². The number of anilines is 2. The van der Waals surface area contributed by atoms with E-state index in [0.29, 0.717) is 16.5 Å². The first-order valence-corrected chi connectivity index (χ1v) is 10.9. The zero-order valence-electron chi connectivity index (χ0n) is 18.5. The number of benzene rings is 2. The highest BCUT2D eigenvalue weighted by molar-refractivity contribution is 6.30. The molecule has 4 aromatic rings. The molecule has 0 aliphatic carbocycles. The van der Waals surface area contributed by atoms with Crippen LogP contribution in [-0.4, -0.2) is 30.2 Å². The summed E-state index contributed by atoms with van der Waals surface area (Å²) in [5.41, 5.74) is 0.102. The van der Waals surface area contributed by atoms with E-state index in [4.69, 9.17) is 16.3 Å². The van der Waals surface area contributed by atoms with Gasteiger partial charge in [-0.1, -0.05) is 23.7 Å². The minimum absolute atomic E-state index is 0.0395. The van der Waals surface area contributed by atoms with Gasteiger partial charge in [0.05, 0.1) is 6.54 Å². The van der Waals surface area contributed by atoms with Crippen molar-refractivity contribution in [3.63, 3.8) is 0 Å². The normalized spacial score (nSPS) is 10.7. The fourth-order valence-electron chi connectivity index (χ4n) is 3.29. The van der Waals surface area contributed by atoms with Crippen LogP contribution >= 0.6 is 11.6 Å². The van der Waals surface area contributed by atoms with Gasteiger partial charge in [0.25, 0.3) is 0 Å². The van der Waals surface area contributed by atoms with E-state index in [1.807, 2.05) is 0 Å². The Balaban J connectivity index is 1.62. The van der Waals surface area contributed by atoms with E-state index in [1.54, 1.807) is 55.5 Å². The Labute approximate surface area is 204 Å². The lowest BCUT2D eigenvalue weighted by Crippen LogP contribution is -2.42. The van der Waals surface area contributed by atoms with Crippen molar-refractivity contribution in [2.75, 3.05) is 5.32 Å². The first-order valence-electron chi connectivity index (χ1n) is 10.5. The Morgan fingerprint density at radius 3 is 2.43 bits per heavy atom. The molecule has 0 fully saturated rings. The third kappa shape index (κ3) is 5.39. The molecule has 2 aromatic carbocycles. The number of carbonyl (C=O) groups is 1. The second-order valence-electron chi connectivity index (χ2n) is 7.37. The van der Waals surface area contributed by atoms with Crippen LogP contribution in [0.3, 0.4) is 0 Å². The molecule has 0 saturated heterocycles. The van der Waals surface area contributed by atoms with Gasteiger partial charge in [0, 0.05) is 23.5 Å². The summed E-state index contributed by atoms with van der Waals surface area (Å²) in [4.78, 5) is 44.8. The molecule has 2 heterocycles. The van der Waals surface area contributed by atoms with Crippen LogP contribution in [0.2, 0.25) is 5.02 Å². The lowest BCUT2D eigenvalue weighted by Gasteiger charge is -2.15. The minimum atomic E-state index is -1.15. The zero-order valence-corrected chi connectivity index (χ0v) is 19.3. The van der Waals surface area contributed by atoms with Crippen LogP contribution in [0.5, 0.6) is 11.6 Å². The van der Waals surface area contributed by atoms with Gasteiger partial charge in [0.2, 0.25) is 11.8 Å². The molecular formula is C24H20ClN5O5. The predicted molar refractivity (Wildman–Crippen MR) is 130 cm³/mol. The number of carboxylic acids is 1. The summed E-state index contributed by atoms with van der Waals surface area (Å²) in [6.45, 7) is 2.05. The molecule has 10 nitrogen and oxygen atoms in total. The van der Waals surface area contributed by atoms with Gasteiger partial charge in [0.15, 0.2) is 0 Å². The topological polar surface area (TPSA) is 128 Å². The van der Waals surface area contributed by atoms with Crippen LogP contribution in [0, 0.1) is 0 Å². The predicted octanol–water partition coefficient (Wildman–Crippen LogP) is 3.76. The van der Waals surface area contributed by atoms with Crippen LogP contribution in [0.4, 0.5) is 11.6 Å². The Hall–Kier alpha value is -4.44. The molecule has 4 rings (SSSR count). The summed E-state index contributed by atoms with van der Waals surface area (Å²) in [5, 5.41) is 12.9. The molecular weight excluding hydrogens is 474 g/mol. The molecule has 0 bridgehead atoms. The second kappa shape index (κ2) is 10.2. The van der Waals surface area contributed by atoms with E-state index in [2.05, 4.69) is 15.3 Å². The minimum Gasteiger partial charge on any atom is -0.477 e. The molecule has 0 spiro atoms. The number of aromatic carboxylic acids is 1. The standard InChI is InChI=1S/C24H20ClN5O5/c1-2-29-23(33)28-22(30(24(29)34)14-15-5-7-16(25)8-6-15)27-17-9-11-18(12-10-17)35-20-19(21(31)32)4-3-13-26-20/h3-13H,2,14H2,1H3,(H,31,32)(H,27,28,33). The molecule has 2 aromatic heterocycles. The van der Waals surface area contributed by atoms with Gasteiger partial charge in [-0.05, 0) is 61.0 Å². The number of ether oxygens (including phenoxy) is 1. The smallest absolute Gasteiger partial charge is 0.354 e. The van der Waals surface area contributed by atoms with Gasteiger partial charge >= 0.3 is 17.3 Å². The van der Waals surface area contributed by atoms with Crippen molar-refractivity contribution < 1.29 is 14.6 Å². The summed E-state index contributed by atoms with van der Waals surface area (Å²) < 4.78 is 8.02. The molecule has 0 saturated carbocycles. The van der Waals surface area contributed by atoms with E-state index >= 15 is 0 Å². The Morgan fingerprint density at radius 2 is 1.77 bits per heavy atom. The lowest BCUT2D eigenvalue weighted by molar-refractivity contribution is 0.0693. The number of nitrogens with zero attached hydrogens (tertiary/aromatic N) is 4. The van der Waals surface area contributed by atoms with Gasteiger partial charge in [-0.2, -0.15) is 4.98 Å². The molecule has 11 heteroatoms. The molecule has 2 N–H and O–H groups in total. The molecule has 0 aliphatic heterocycles. The maximum absolute atomic E-state index is 13.0. The number of halogens is 1. The van der Waals surface area contributed by atoms with E-state index in [1.165, 1.54) is 22.9 Å². The monoisotopic (exact) mass is 493 g/mol. The third-order valence-electron chi connectivity index (χ3n) is 5.05. The summed E-state index contributed by atoms with van der Waals surface area (Å²) in [6.07, 6.45) is 1.43. The number of aromatic nitrogens is 4. The fourth-order valence-corrected chi connectivity index (χ4v) is 3.42. The number of rotatable bonds is 8. The number of nitrogens with one attached hydrogen (secondary N) is 1. The van der Waals surface area contributed by atoms with Crippen LogP contribution < -0.4 is 21.4 Å². The van der Waals surface area contributed by atoms with Crippen molar-refractivity contribution >= 4 is 29.2 Å². The fraction of sp³-hybridized carbons (Fsp3) is 0.125. The van der Waals surface area contributed by atoms with Gasteiger partial charge < -0.3 is 15.2 Å². The highest BCUT2D eigenvalue weighted by Crippen LogP contribution is 2.25. The van der Waals surface area contributed by atoms with Crippen LogP contribution in [-0.2, 0) is 13.1 Å². The summed E-state index contributed by atoms with van der Waals surface area (Å²) in [5.74, 6) is -0.767. The average molecular weight is 494 g/mol. The number of hydrogen-bond acceptors (Lipinski definition) is 7. The van der Waals surface area contributed by atoms with Gasteiger partial charge in [-0.25, -0.2) is 23.9 Å². The van der Waals surface area contributed by atoms with E-state index < -0.39 is 17.3 Å². The highest BCUT2D eigenvalue weighted by atomic mass is 35.5. The van der Waals surface area contributed by atoms with E-state index in [-0.39, 0.29) is 30.5 Å². The SMILES string of the molecule is CCn1c(=O)nc(Nc2ccc(Oc3ncccc3C(=O)O)cc2)n(Cc2ccc(Cl)cc2)c1=O. The van der Waals surface area contributed by atoms with E-state index in [0.717, 1.165) is 10.1 Å². The average Bonchev–Trinajstić information content (AvgIpc) is 2.84. The van der Waals surface area contributed by atoms with Gasteiger partial charge in [-0.3, -0.25) is 4.57 Å². The number of carboxylic acid groups (broad SMARTS) is 1. The molecule has 35 heavy (non-hydrogen) atoms. The highest BCUT2D eigenvalue weighted by Gasteiger charge is 2.15. The van der Waals surface area contributed by atoms with Crippen molar-refractivity contribution in [3.05, 3.63) is 104 Å². The summed E-state index contributed by atoms with van der Waals surface area (Å²) in [7, 11) is 0. The molecule has 0 aliphatic rings. The molecule has 0 atom stereocenters. The lowest BCUT2D eigenvalue weighted by atomic mass is 10.2. The van der Waals surface area contributed by atoms with E-state index in [9.17, 15) is 19.5 Å². The van der Waals surface area contributed by atoms with Crippen molar-refractivity contribution in [2.24, 2.45) is 0 Å². The van der Waals surface area contributed by atoms with Crippen molar-refractivity contribution in [2.45, 2.75) is 20.0 Å². The third-order valence-corrected chi connectivity index (χ3v) is 5.30. The van der Waals surface area contributed by atoms with Gasteiger partial charge in [-0.15, -0.1) is 0 Å².